The molecule has 1 saturated heterocycles. The van der Waals surface area contributed by atoms with E-state index < -0.39 is 0 Å². The molecule has 0 spiro atoms. The molecule has 2 aliphatic carbocycles. The Hall–Kier alpha value is -2.68. The van der Waals surface area contributed by atoms with Crippen molar-refractivity contribution in [3.63, 3.8) is 0 Å². The summed E-state index contributed by atoms with van der Waals surface area (Å²) in [6.07, 6.45) is 3.17. The van der Waals surface area contributed by atoms with Gasteiger partial charge in [0, 0.05) is 0 Å². The number of imide groups is 1. The predicted octanol–water partition coefficient (Wildman–Crippen LogP) is 3.53. The van der Waals surface area contributed by atoms with Crippen molar-refractivity contribution in [1.82, 2.24) is 0 Å². The molecule has 3 nitrogen and oxygen atoms in total. The Labute approximate surface area is 140 Å². The number of nitrogens with zero attached hydrogens (tertiary/aromatic N) is 1. The number of anilines is 1. The van der Waals surface area contributed by atoms with Gasteiger partial charge in [-0.1, -0.05) is 54.6 Å². The fourth-order valence-corrected chi connectivity index (χ4v) is 4.79. The smallest absolute Gasteiger partial charge is 0.238 e. The fourth-order valence-electron chi connectivity index (χ4n) is 4.79. The third-order valence-electron chi connectivity index (χ3n) is 5.73. The van der Waals surface area contributed by atoms with E-state index in [1.165, 1.54) is 16.0 Å². The number of carbonyl (C=O) groups is 2. The SMILES string of the molecule is O=C1[C@@H]2[C@H](C(=O)N1c1ccccc1)[C@H]1C[C@@H]2C=C1c1ccccc1. The molecule has 2 amide bonds. The molecule has 0 N–H and O–H groups in total. The van der Waals surface area contributed by atoms with Crippen molar-refractivity contribution in [3.05, 3.63) is 72.3 Å². The molecular formula is C21H17NO2. The summed E-state index contributed by atoms with van der Waals surface area (Å²) in [4.78, 5) is 27.4. The van der Waals surface area contributed by atoms with Gasteiger partial charge in [-0.2, -0.15) is 0 Å². The van der Waals surface area contributed by atoms with Crippen LogP contribution in [0.4, 0.5) is 5.69 Å². The van der Waals surface area contributed by atoms with Crippen LogP contribution in [0, 0.1) is 23.7 Å². The molecule has 3 heteroatoms. The zero-order valence-corrected chi connectivity index (χ0v) is 13.1. The van der Waals surface area contributed by atoms with Gasteiger partial charge in [0.2, 0.25) is 11.8 Å². The van der Waals surface area contributed by atoms with E-state index >= 15 is 0 Å². The van der Waals surface area contributed by atoms with Gasteiger partial charge in [0.05, 0.1) is 17.5 Å². The van der Waals surface area contributed by atoms with E-state index in [2.05, 4.69) is 18.2 Å². The van der Waals surface area contributed by atoms with Crippen LogP contribution in [0.2, 0.25) is 0 Å². The summed E-state index contributed by atoms with van der Waals surface area (Å²) in [7, 11) is 0. The summed E-state index contributed by atoms with van der Waals surface area (Å²) in [6.45, 7) is 0. The first-order valence-corrected chi connectivity index (χ1v) is 8.45. The van der Waals surface area contributed by atoms with E-state index in [1.807, 2.05) is 48.5 Å². The molecule has 1 heterocycles. The first-order chi connectivity index (χ1) is 11.8. The standard InChI is InChI=1S/C21H17NO2/c23-20-18-14-11-16(13-7-3-1-4-8-13)17(12-14)19(18)21(24)22(20)15-9-5-2-6-10-15/h1-11,14,17-19H,12H2/t14-,17-,18-,19+/m0/s1. The topological polar surface area (TPSA) is 37.4 Å². The molecule has 2 aromatic carbocycles. The van der Waals surface area contributed by atoms with Gasteiger partial charge in [-0.25, -0.2) is 0 Å². The number of rotatable bonds is 2. The minimum absolute atomic E-state index is 0.0212. The second kappa shape index (κ2) is 4.91. The molecule has 2 bridgehead atoms. The fraction of sp³-hybridized carbons (Fsp3) is 0.238. The van der Waals surface area contributed by atoms with Crippen LogP contribution in [-0.2, 0) is 9.59 Å². The minimum Gasteiger partial charge on any atom is -0.274 e. The number of hydrogen-bond acceptors (Lipinski definition) is 2. The molecule has 2 aromatic rings. The zero-order chi connectivity index (χ0) is 16.3. The number of fused-ring (bicyclic) bond motifs is 5. The molecule has 4 atom stereocenters. The Bertz CT molecular complexity index is 856. The summed E-state index contributed by atoms with van der Waals surface area (Å²) < 4.78 is 0. The average Bonchev–Trinajstić information content (AvgIpc) is 3.28. The molecule has 2 fully saturated rings. The van der Waals surface area contributed by atoms with E-state index in [9.17, 15) is 9.59 Å². The number of amides is 2. The highest BCUT2D eigenvalue weighted by atomic mass is 16.2. The monoisotopic (exact) mass is 315 g/mol. The van der Waals surface area contributed by atoms with Gasteiger partial charge in [0.15, 0.2) is 0 Å². The molecule has 0 radical (unpaired) electrons. The van der Waals surface area contributed by atoms with Crippen molar-refractivity contribution in [2.75, 3.05) is 4.90 Å². The molecular weight excluding hydrogens is 298 g/mol. The van der Waals surface area contributed by atoms with Crippen LogP contribution in [0.3, 0.4) is 0 Å². The highest BCUT2D eigenvalue weighted by Gasteiger charge is 2.61. The highest BCUT2D eigenvalue weighted by Crippen LogP contribution is 2.58. The van der Waals surface area contributed by atoms with Crippen LogP contribution in [0.25, 0.3) is 5.57 Å². The predicted molar refractivity (Wildman–Crippen MR) is 91.9 cm³/mol. The van der Waals surface area contributed by atoms with Gasteiger partial charge in [0.1, 0.15) is 0 Å². The van der Waals surface area contributed by atoms with Crippen LogP contribution in [0.5, 0.6) is 0 Å². The van der Waals surface area contributed by atoms with Crippen LogP contribution in [0.15, 0.2) is 66.7 Å². The second-order valence-electron chi connectivity index (χ2n) is 6.89. The van der Waals surface area contributed by atoms with Gasteiger partial charge < -0.3 is 0 Å². The third kappa shape index (κ3) is 1.72. The van der Waals surface area contributed by atoms with Crippen molar-refractivity contribution < 1.29 is 9.59 Å². The molecule has 0 unspecified atom stereocenters. The molecule has 3 aliphatic rings. The largest absolute Gasteiger partial charge is 0.274 e. The maximum absolute atomic E-state index is 13.0. The number of carbonyl (C=O) groups excluding carboxylic acids is 2. The lowest BCUT2D eigenvalue weighted by Gasteiger charge is -2.22. The van der Waals surface area contributed by atoms with E-state index in [1.54, 1.807) is 0 Å². The van der Waals surface area contributed by atoms with E-state index in [-0.39, 0.29) is 35.5 Å². The van der Waals surface area contributed by atoms with Crippen molar-refractivity contribution in [2.45, 2.75) is 6.42 Å². The first kappa shape index (κ1) is 13.7. The highest BCUT2D eigenvalue weighted by molar-refractivity contribution is 6.23. The first-order valence-electron chi connectivity index (χ1n) is 8.45. The van der Waals surface area contributed by atoms with Gasteiger partial charge >= 0.3 is 0 Å². The molecule has 1 aliphatic heterocycles. The quantitative estimate of drug-likeness (QED) is 0.795. The van der Waals surface area contributed by atoms with Crippen LogP contribution in [0.1, 0.15) is 12.0 Å². The number of para-hydroxylation sites is 1. The van der Waals surface area contributed by atoms with Gasteiger partial charge in [-0.3, -0.25) is 14.5 Å². The Morgan fingerprint density at radius 2 is 1.42 bits per heavy atom. The molecule has 118 valence electrons. The second-order valence-corrected chi connectivity index (χ2v) is 6.89. The molecule has 1 saturated carbocycles. The lowest BCUT2D eigenvalue weighted by molar-refractivity contribution is -0.123. The normalized spacial score (nSPS) is 30.7. The number of benzene rings is 2. The lowest BCUT2D eigenvalue weighted by Crippen LogP contribution is -2.32. The lowest BCUT2D eigenvalue weighted by atomic mass is 9.79. The zero-order valence-electron chi connectivity index (χ0n) is 13.1. The summed E-state index contributed by atoms with van der Waals surface area (Å²) >= 11 is 0. The third-order valence-corrected chi connectivity index (χ3v) is 5.73. The van der Waals surface area contributed by atoms with Crippen LogP contribution in [-0.4, -0.2) is 11.8 Å². The number of allylic oxidation sites excluding steroid dienone is 2. The van der Waals surface area contributed by atoms with Crippen molar-refractivity contribution in [1.29, 1.82) is 0 Å². The van der Waals surface area contributed by atoms with E-state index in [0.717, 1.165) is 6.42 Å². The summed E-state index contributed by atoms with van der Waals surface area (Å²) in [5.74, 6) is -0.0386. The maximum Gasteiger partial charge on any atom is 0.238 e. The molecule has 0 aromatic heterocycles. The Balaban J connectivity index is 1.53. The Kier molecular flexibility index (Phi) is 2.81. The minimum atomic E-state index is -0.192. The summed E-state index contributed by atoms with van der Waals surface area (Å²) in [5, 5.41) is 0. The van der Waals surface area contributed by atoms with Crippen molar-refractivity contribution in [3.8, 4) is 0 Å². The average molecular weight is 315 g/mol. The van der Waals surface area contributed by atoms with Gasteiger partial charge in [-0.15, -0.1) is 0 Å². The van der Waals surface area contributed by atoms with Crippen molar-refractivity contribution in [2.24, 2.45) is 23.7 Å². The van der Waals surface area contributed by atoms with Gasteiger partial charge in [-0.05, 0) is 41.5 Å². The van der Waals surface area contributed by atoms with Gasteiger partial charge in [0.25, 0.3) is 0 Å². The molecule has 24 heavy (non-hydrogen) atoms. The van der Waals surface area contributed by atoms with Crippen LogP contribution >= 0.6 is 0 Å². The number of hydrogen-bond donors (Lipinski definition) is 0. The van der Waals surface area contributed by atoms with Crippen molar-refractivity contribution >= 4 is 23.1 Å². The maximum atomic E-state index is 13.0. The Morgan fingerprint density at radius 1 is 0.792 bits per heavy atom. The Morgan fingerprint density at radius 3 is 2.12 bits per heavy atom. The molecule has 5 rings (SSSR count). The van der Waals surface area contributed by atoms with E-state index in [0.29, 0.717) is 5.69 Å². The summed E-state index contributed by atoms with van der Waals surface area (Å²) in [6, 6.07) is 19.5. The van der Waals surface area contributed by atoms with E-state index in [4.69, 9.17) is 0 Å². The van der Waals surface area contributed by atoms with Crippen LogP contribution < -0.4 is 4.90 Å². The summed E-state index contributed by atoms with van der Waals surface area (Å²) in [5.41, 5.74) is 3.13.